The van der Waals surface area contributed by atoms with Crippen molar-refractivity contribution >= 4 is 39.1 Å². The van der Waals surface area contributed by atoms with Crippen LogP contribution in [0.5, 0.6) is 0 Å². The van der Waals surface area contributed by atoms with Crippen LogP contribution >= 0.6 is 0 Å². The van der Waals surface area contributed by atoms with Crippen molar-refractivity contribution in [3.8, 4) is 0 Å². The first kappa shape index (κ1) is 16.6. The number of oxime groups is 1. The van der Waals surface area contributed by atoms with Gasteiger partial charge in [0.2, 0.25) is 5.91 Å². The highest BCUT2D eigenvalue weighted by Crippen LogP contribution is 2.31. The van der Waals surface area contributed by atoms with Crippen LogP contribution in [0, 0.1) is 0 Å². The van der Waals surface area contributed by atoms with Crippen LogP contribution in [0.15, 0.2) is 47.6 Å². The third-order valence-electron chi connectivity index (χ3n) is 4.89. The SMILES string of the molecule is CCn1c2ccccc2c2cc(NC(=O)[C@@H]3CC(=NOC)CN3)ccc21. The van der Waals surface area contributed by atoms with Gasteiger partial charge >= 0.3 is 0 Å². The molecule has 0 saturated carbocycles. The molecule has 0 bridgehead atoms. The Morgan fingerprint density at radius 2 is 2.08 bits per heavy atom. The van der Waals surface area contributed by atoms with Crippen LogP contribution < -0.4 is 10.6 Å². The minimum atomic E-state index is -0.281. The number of nitrogens with zero attached hydrogens (tertiary/aromatic N) is 2. The number of amides is 1. The average Bonchev–Trinajstić information content (AvgIpc) is 3.24. The van der Waals surface area contributed by atoms with E-state index in [1.54, 1.807) is 0 Å². The summed E-state index contributed by atoms with van der Waals surface area (Å²) in [5.74, 6) is -0.0510. The topological polar surface area (TPSA) is 67.7 Å². The monoisotopic (exact) mass is 350 g/mol. The zero-order valence-corrected chi connectivity index (χ0v) is 15.0. The number of hydrogen-bond donors (Lipinski definition) is 2. The zero-order valence-electron chi connectivity index (χ0n) is 15.0. The largest absolute Gasteiger partial charge is 0.399 e. The Balaban J connectivity index is 1.63. The van der Waals surface area contributed by atoms with Crippen molar-refractivity contribution < 1.29 is 9.63 Å². The number of fused-ring (bicyclic) bond motifs is 3. The lowest BCUT2D eigenvalue weighted by Crippen LogP contribution is -2.35. The fraction of sp³-hybridized carbons (Fsp3) is 0.300. The van der Waals surface area contributed by atoms with Crippen LogP contribution in [-0.4, -0.2) is 35.9 Å². The molecule has 2 heterocycles. The average molecular weight is 350 g/mol. The molecule has 1 atom stereocenters. The van der Waals surface area contributed by atoms with Crippen LogP contribution in [0.1, 0.15) is 13.3 Å². The normalized spacial score (nSPS) is 18.7. The Morgan fingerprint density at radius 3 is 2.88 bits per heavy atom. The lowest BCUT2D eigenvalue weighted by molar-refractivity contribution is -0.117. The van der Waals surface area contributed by atoms with Gasteiger partial charge in [0, 0.05) is 47.0 Å². The number of hydrogen-bond acceptors (Lipinski definition) is 4. The molecular weight excluding hydrogens is 328 g/mol. The minimum absolute atomic E-state index is 0.0510. The lowest BCUT2D eigenvalue weighted by atomic mass is 10.1. The predicted molar refractivity (Wildman–Crippen MR) is 105 cm³/mol. The second-order valence-electron chi connectivity index (χ2n) is 6.46. The number of aryl methyl sites for hydroxylation is 1. The third-order valence-corrected chi connectivity index (χ3v) is 4.89. The van der Waals surface area contributed by atoms with Crippen molar-refractivity contribution in [2.24, 2.45) is 5.16 Å². The van der Waals surface area contributed by atoms with Crippen molar-refractivity contribution in [3.63, 3.8) is 0 Å². The number of aromatic nitrogens is 1. The molecule has 2 aromatic carbocycles. The fourth-order valence-electron chi connectivity index (χ4n) is 3.71. The van der Waals surface area contributed by atoms with Crippen molar-refractivity contribution in [2.75, 3.05) is 19.0 Å². The van der Waals surface area contributed by atoms with E-state index in [1.165, 1.54) is 23.5 Å². The Morgan fingerprint density at radius 1 is 1.27 bits per heavy atom. The summed E-state index contributed by atoms with van der Waals surface area (Å²) >= 11 is 0. The molecule has 1 aliphatic rings. The maximum atomic E-state index is 12.6. The van der Waals surface area contributed by atoms with Crippen LogP contribution in [0.25, 0.3) is 21.8 Å². The first-order chi connectivity index (χ1) is 12.7. The molecule has 1 aromatic heterocycles. The van der Waals surface area contributed by atoms with E-state index in [-0.39, 0.29) is 11.9 Å². The fourth-order valence-corrected chi connectivity index (χ4v) is 3.71. The van der Waals surface area contributed by atoms with Gasteiger partial charge in [0.05, 0.1) is 11.8 Å². The summed E-state index contributed by atoms with van der Waals surface area (Å²) in [7, 11) is 1.52. The second-order valence-corrected chi connectivity index (χ2v) is 6.46. The Kier molecular flexibility index (Phi) is 4.34. The van der Waals surface area contributed by atoms with Gasteiger partial charge in [-0.05, 0) is 31.2 Å². The van der Waals surface area contributed by atoms with E-state index in [0.29, 0.717) is 13.0 Å². The van der Waals surface area contributed by atoms with E-state index in [4.69, 9.17) is 4.84 Å². The van der Waals surface area contributed by atoms with Gasteiger partial charge in [0.1, 0.15) is 7.11 Å². The Hall–Kier alpha value is -2.86. The molecule has 6 nitrogen and oxygen atoms in total. The van der Waals surface area contributed by atoms with E-state index in [1.807, 2.05) is 12.1 Å². The smallest absolute Gasteiger partial charge is 0.241 e. The highest BCUT2D eigenvalue weighted by molar-refractivity contribution is 6.10. The quantitative estimate of drug-likeness (QED) is 0.711. The standard InChI is InChI=1S/C20H22N4O2/c1-3-24-18-7-5-4-6-15(18)16-10-13(8-9-19(16)24)22-20(25)17-11-14(12-21-17)23-26-2/h4-10,17,21H,3,11-12H2,1-2H3,(H,22,25)/t17-/m0/s1. The van der Waals surface area contributed by atoms with E-state index in [2.05, 4.69) is 57.6 Å². The maximum absolute atomic E-state index is 12.6. The highest BCUT2D eigenvalue weighted by atomic mass is 16.6. The first-order valence-electron chi connectivity index (χ1n) is 8.85. The van der Waals surface area contributed by atoms with Gasteiger partial charge in [0.15, 0.2) is 0 Å². The summed E-state index contributed by atoms with van der Waals surface area (Å²) in [4.78, 5) is 17.3. The van der Waals surface area contributed by atoms with Gasteiger partial charge in [-0.2, -0.15) is 0 Å². The van der Waals surface area contributed by atoms with Crippen LogP contribution in [0.2, 0.25) is 0 Å². The molecule has 0 aliphatic carbocycles. The van der Waals surface area contributed by atoms with Crippen LogP contribution in [0.3, 0.4) is 0 Å². The summed E-state index contributed by atoms with van der Waals surface area (Å²) in [5, 5.41) is 12.5. The molecule has 4 rings (SSSR count). The van der Waals surface area contributed by atoms with Crippen molar-refractivity contribution in [1.82, 2.24) is 9.88 Å². The molecular formula is C20H22N4O2. The van der Waals surface area contributed by atoms with Gasteiger partial charge < -0.3 is 20.0 Å². The summed E-state index contributed by atoms with van der Waals surface area (Å²) in [6, 6.07) is 14.2. The van der Waals surface area contributed by atoms with Gasteiger partial charge in [-0.25, -0.2) is 0 Å². The molecule has 1 saturated heterocycles. The number of anilines is 1. The van der Waals surface area contributed by atoms with E-state index < -0.39 is 0 Å². The number of carbonyl (C=O) groups excluding carboxylic acids is 1. The number of para-hydroxylation sites is 1. The predicted octanol–water partition coefficient (Wildman–Crippen LogP) is 3.12. The van der Waals surface area contributed by atoms with Gasteiger partial charge in [-0.15, -0.1) is 0 Å². The molecule has 1 fully saturated rings. The molecule has 2 N–H and O–H groups in total. The van der Waals surface area contributed by atoms with Crippen molar-refractivity contribution in [2.45, 2.75) is 25.9 Å². The van der Waals surface area contributed by atoms with Crippen LogP contribution in [-0.2, 0) is 16.2 Å². The summed E-state index contributed by atoms with van der Waals surface area (Å²) in [6.45, 7) is 3.63. The molecule has 0 spiro atoms. The minimum Gasteiger partial charge on any atom is -0.399 e. The molecule has 0 unspecified atom stereocenters. The molecule has 1 amide bonds. The van der Waals surface area contributed by atoms with Crippen LogP contribution in [0.4, 0.5) is 5.69 Å². The number of nitrogens with one attached hydrogen (secondary N) is 2. The molecule has 26 heavy (non-hydrogen) atoms. The Labute approximate surface area is 151 Å². The van der Waals surface area contributed by atoms with Crippen molar-refractivity contribution in [3.05, 3.63) is 42.5 Å². The molecule has 0 radical (unpaired) electrons. The lowest BCUT2D eigenvalue weighted by Gasteiger charge is -2.11. The molecule has 134 valence electrons. The van der Waals surface area contributed by atoms with Gasteiger partial charge in [-0.1, -0.05) is 23.4 Å². The third kappa shape index (κ3) is 2.82. The first-order valence-corrected chi connectivity index (χ1v) is 8.85. The highest BCUT2D eigenvalue weighted by Gasteiger charge is 2.27. The molecule has 1 aliphatic heterocycles. The summed E-state index contributed by atoms with van der Waals surface area (Å²) in [5.41, 5.74) is 4.06. The Bertz CT molecular complexity index is 1010. The van der Waals surface area contributed by atoms with Crippen molar-refractivity contribution in [1.29, 1.82) is 0 Å². The zero-order chi connectivity index (χ0) is 18.1. The maximum Gasteiger partial charge on any atom is 0.241 e. The van der Waals surface area contributed by atoms with E-state index in [0.717, 1.165) is 23.3 Å². The van der Waals surface area contributed by atoms with E-state index in [9.17, 15) is 4.79 Å². The second kappa shape index (κ2) is 6.80. The van der Waals surface area contributed by atoms with E-state index >= 15 is 0 Å². The number of carbonyl (C=O) groups is 1. The molecule has 3 aromatic rings. The van der Waals surface area contributed by atoms with Gasteiger partial charge in [0.25, 0.3) is 0 Å². The molecule has 6 heteroatoms. The van der Waals surface area contributed by atoms with Gasteiger partial charge in [-0.3, -0.25) is 4.79 Å². The summed E-state index contributed by atoms with van der Waals surface area (Å²) in [6.07, 6.45) is 0.567. The summed E-state index contributed by atoms with van der Waals surface area (Å²) < 4.78 is 2.29. The number of rotatable bonds is 4. The number of benzene rings is 2.